The summed E-state index contributed by atoms with van der Waals surface area (Å²) in [6.07, 6.45) is 3.44. The van der Waals surface area contributed by atoms with E-state index in [0.29, 0.717) is 17.4 Å². The van der Waals surface area contributed by atoms with Crippen LogP contribution in [0, 0.1) is 5.92 Å². The summed E-state index contributed by atoms with van der Waals surface area (Å²) >= 11 is 0. The number of hydrogen-bond donors (Lipinski definition) is 2. The molecule has 3 unspecified atom stereocenters. The standard InChI is InChI=1S/C18H30N2O3/c1-5-8-13(6-2)11-16(19)17(23-4)18(21)20-14-9-7-10-15(12-14)22-3/h7,9-10,12-13,16-17H,5-6,8,11,19H2,1-4H3,(H,20,21). The van der Waals surface area contributed by atoms with Gasteiger partial charge in [-0.05, 0) is 24.5 Å². The zero-order valence-corrected chi connectivity index (χ0v) is 14.7. The van der Waals surface area contributed by atoms with Crippen LogP contribution >= 0.6 is 0 Å². The van der Waals surface area contributed by atoms with Gasteiger partial charge in [-0.2, -0.15) is 0 Å². The third-order valence-electron chi connectivity index (χ3n) is 4.12. The van der Waals surface area contributed by atoms with Crippen molar-refractivity contribution in [2.75, 3.05) is 19.5 Å². The lowest BCUT2D eigenvalue weighted by atomic mass is 9.91. The molecule has 3 atom stereocenters. The molecule has 0 spiro atoms. The van der Waals surface area contributed by atoms with Crippen LogP contribution in [0.1, 0.15) is 39.5 Å². The molecule has 1 aromatic carbocycles. The van der Waals surface area contributed by atoms with Crippen molar-refractivity contribution in [3.63, 3.8) is 0 Å². The van der Waals surface area contributed by atoms with Crippen LogP contribution in [0.15, 0.2) is 24.3 Å². The molecule has 0 fully saturated rings. The summed E-state index contributed by atoms with van der Waals surface area (Å²) < 4.78 is 10.5. The molecule has 0 radical (unpaired) electrons. The van der Waals surface area contributed by atoms with Crippen molar-refractivity contribution in [3.8, 4) is 5.75 Å². The SMILES string of the molecule is CCCC(CC)CC(N)C(OC)C(=O)Nc1cccc(OC)c1. The number of ether oxygens (including phenoxy) is 2. The fourth-order valence-electron chi connectivity index (χ4n) is 2.80. The molecule has 0 heterocycles. The first-order valence-electron chi connectivity index (χ1n) is 8.28. The fourth-order valence-corrected chi connectivity index (χ4v) is 2.80. The van der Waals surface area contributed by atoms with Crippen LogP contribution in [0.5, 0.6) is 5.75 Å². The monoisotopic (exact) mass is 322 g/mol. The number of benzene rings is 1. The van der Waals surface area contributed by atoms with Crippen molar-refractivity contribution in [3.05, 3.63) is 24.3 Å². The van der Waals surface area contributed by atoms with Crippen LogP contribution < -0.4 is 15.8 Å². The lowest BCUT2D eigenvalue weighted by Crippen LogP contribution is -2.45. The lowest BCUT2D eigenvalue weighted by Gasteiger charge is -2.25. The maximum absolute atomic E-state index is 12.5. The zero-order valence-electron chi connectivity index (χ0n) is 14.7. The number of hydrogen-bond acceptors (Lipinski definition) is 4. The first-order valence-corrected chi connectivity index (χ1v) is 8.28. The summed E-state index contributed by atoms with van der Waals surface area (Å²) in [5.41, 5.74) is 6.91. The van der Waals surface area contributed by atoms with E-state index >= 15 is 0 Å². The molecule has 0 aliphatic heterocycles. The van der Waals surface area contributed by atoms with E-state index in [2.05, 4.69) is 19.2 Å². The van der Waals surface area contributed by atoms with Gasteiger partial charge < -0.3 is 20.5 Å². The molecule has 23 heavy (non-hydrogen) atoms. The Morgan fingerprint density at radius 2 is 2.04 bits per heavy atom. The van der Waals surface area contributed by atoms with Gasteiger partial charge in [-0.15, -0.1) is 0 Å². The van der Waals surface area contributed by atoms with E-state index in [1.807, 2.05) is 18.2 Å². The van der Waals surface area contributed by atoms with Gasteiger partial charge in [0.05, 0.1) is 7.11 Å². The fraction of sp³-hybridized carbons (Fsp3) is 0.611. The smallest absolute Gasteiger partial charge is 0.255 e. The topological polar surface area (TPSA) is 73.6 Å². The average molecular weight is 322 g/mol. The molecule has 0 aliphatic rings. The summed E-state index contributed by atoms with van der Waals surface area (Å²) in [4.78, 5) is 12.5. The van der Waals surface area contributed by atoms with Crippen LogP contribution in [-0.4, -0.2) is 32.3 Å². The van der Waals surface area contributed by atoms with E-state index in [-0.39, 0.29) is 11.9 Å². The number of nitrogens with one attached hydrogen (secondary N) is 1. The molecular formula is C18H30N2O3. The van der Waals surface area contributed by atoms with Gasteiger partial charge in [0, 0.05) is 24.9 Å². The number of methoxy groups -OCH3 is 2. The van der Waals surface area contributed by atoms with Gasteiger partial charge in [0.1, 0.15) is 5.75 Å². The molecule has 3 N–H and O–H groups in total. The maximum Gasteiger partial charge on any atom is 0.255 e. The summed E-state index contributed by atoms with van der Waals surface area (Å²) in [6, 6.07) is 6.91. The first-order chi connectivity index (χ1) is 11.0. The van der Waals surface area contributed by atoms with Crippen molar-refractivity contribution in [1.82, 2.24) is 0 Å². The minimum atomic E-state index is -0.660. The van der Waals surface area contributed by atoms with E-state index in [1.54, 1.807) is 13.2 Å². The predicted octanol–water partition coefficient (Wildman–Crippen LogP) is 3.19. The van der Waals surface area contributed by atoms with Crippen molar-refractivity contribution < 1.29 is 14.3 Å². The van der Waals surface area contributed by atoms with Gasteiger partial charge in [0.15, 0.2) is 6.10 Å². The van der Waals surface area contributed by atoms with Crippen LogP contribution in [0.4, 0.5) is 5.69 Å². The zero-order chi connectivity index (χ0) is 17.2. The normalized spacial score (nSPS) is 14.8. The summed E-state index contributed by atoms with van der Waals surface area (Å²) in [5, 5.41) is 2.85. The van der Waals surface area contributed by atoms with E-state index in [9.17, 15) is 4.79 Å². The Balaban J connectivity index is 2.69. The molecule has 5 heteroatoms. The molecule has 5 nitrogen and oxygen atoms in total. The second kappa shape index (κ2) is 10.2. The number of amides is 1. The lowest BCUT2D eigenvalue weighted by molar-refractivity contribution is -0.127. The van der Waals surface area contributed by atoms with Crippen molar-refractivity contribution in [2.45, 2.75) is 51.7 Å². The molecule has 0 saturated heterocycles. The van der Waals surface area contributed by atoms with Gasteiger partial charge >= 0.3 is 0 Å². The number of rotatable bonds is 10. The summed E-state index contributed by atoms with van der Waals surface area (Å²) in [6.45, 7) is 4.32. The van der Waals surface area contributed by atoms with Gasteiger partial charge in [0.2, 0.25) is 0 Å². The largest absolute Gasteiger partial charge is 0.497 e. The quantitative estimate of drug-likeness (QED) is 0.694. The Bertz CT molecular complexity index is 479. The molecule has 0 aliphatic carbocycles. The minimum absolute atomic E-state index is 0.223. The van der Waals surface area contributed by atoms with Gasteiger partial charge in [-0.3, -0.25) is 4.79 Å². The third-order valence-corrected chi connectivity index (χ3v) is 4.12. The minimum Gasteiger partial charge on any atom is -0.497 e. The molecule has 1 aromatic rings. The molecular weight excluding hydrogens is 292 g/mol. The van der Waals surface area contributed by atoms with Crippen LogP contribution in [0.25, 0.3) is 0 Å². The average Bonchev–Trinajstić information content (AvgIpc) is 2.55. The highest BCUT2D eigenvalue weighted by Gasteiger charge is 2.27. The Morgan fingerprint density at radius 1 is 1.30 bits per heavy atom. The highest BCUT2D eigenvalue weighted by Crippen LogP contribution is 2.20. The highest BCUT2D eigenvalue weighted by molar-refractivity contribution is 5.94. The van der Waals surface area contributed by atoms with Crippen molar-refractivity contribution >= 4 is 11.6 Å². The van der Waals surface area contributed by atoms with Crippen molar-refractivity contribution in [1.29, 1.82) is 0 Å². The molecule has 0 saturated carbocycles. The van der Waals surface area contributed by atoms with Gasteiger partial charge in [-0.1, -0.05) is 39.2 Å². The number of carbonyl (C=O) groups is 1. The van der Waals surface area contributed by atoms with E-state index in [0.717, 1.165) is 25.7 Å². The molecule has 130 valence electrons. The second-order valence-corrected chi connectivity index (χ2v) is 5.84. The number of nitrogens with two attached hydrogens (primary N) is 1. The van der Waals surface area contributed by atoms with Gasteiger partial charge in [0.25, 0.3) is 5.91 Å². The molecule has 1 amide bonds. The maximum atomic E-state index is 12.5. The molecule has 1 rings (SSSR count). The van der Waals surface area contributed by atoms with E-state index in [1.165, 1.54) is 7.11 Å². The Hall–Kier alpha value is -1.59. The molecule has 0 aromatic heterocycles. The van der Waals surface area contributed by atoms with E-state index in [4.69, 9.17) is 15.2 Å². The van der Waals surface area contributed by atoms with E-state index < -0.39 is 6.10 Å². The van der Waals surface area contributed by atoms with Crippen LogP contribution in [0.2, 0.25) is 0 Å². The Labute approximate surface area is 139 Å². The summed E-state index contributed by atoms with van der Waals surface area (Å²) in [7, 11) is 3.11. The third kappa shape index (κ3) is 6.20. The molecule has 0 bridgehead atoms. The number of anilines is 1. The second-order valence-electron chi connectivity index (χ2n) is 5.84. The van der Waals surface area contributed by atoms with Crippen LogP contribution in [0.3, 0.4) is 0 Å². The first kappa shape index (κ1) is 19.5. The van der Waals surface area contributed by atoms with Crippen molar-refractivity contribution in [2.24, 2.45) is 11.7 Å². The Morgan fingerprint density at radius 3 is 2.61 bits per heavy atom. The Kier molecular flexibility index (Phi) is 8.66. The summed E-state index contributed by atoms with van der Waals surface area (Å²) in [5.74, 6) is 0.993. The predicted molar refractivity (Wildman–Crippen MR) is 93.7 cm³/mol. The number of carbonyl (C=O) groups excluding carboxylic acids is 1. The van der Waals surface area contributed by atoms with Crippen LogP contribution in [-0.2, 0) is 9.53 Å². The van der Waals surface area contributed by atoms with Gasteiger partial charge in [-0.25, -0.2) is 0 Å². The highest BCUT2D eigenvalue weighted by atomic mass is 16.5.